The zero-order valence-electron chi connectivity index (χ0n) is 14.1. The Morgan fingerprint density at radius 1 is 1.28 bits per heavy atom. The summed E-state index contributed by atoms with van der Waals surface area (Å²) in [4.78, 5) is 14.0. The van der Waals surface area contributed by atoms with Gasteiger partial charge in [0.25, 0.3) is 5.91 Å². The molecule has 1 unspecified atom stereocenters. The largest absolute Gasteiger partial charge is 0.467 e. The SMILES string of the molecule is O=C(CSC1CCCCC1)N1N=C(c2cccs2)CC1c1ccco1. The first-order valence-electron chi connectivity index (χ1n) is 8.89. The monoisotopic (exact) mass is 374 g/mol. The van der Waals surface area contributed by atoms with Crippen LogP contribution >= 0.6 is 23.1 Å². The van der Waals surface area contributed by atoms with Gasteiger partial charge in [0, 0.05) is 11.7 Å². The van der Waals surface area contributed by atoms with E-state index in [1.54, 1.807) is 34.4 Å². The Kier molecular flexibility index (Phi) is 5.27. The Morgan fingerprint density at radius 2 is 2.16 bits per heavy atom. The van der Waals surface area contributed by atoms with Gasteiger partial charge >= 0.3 is 0 Å². The van der Waals surface area contributed by atoms with Gasteiger partial charge in [-0.2, -0.15) is 5.10 Å². The molecule has 0 spiro atoms. The summed E-state index contributed by atoms with van der Waals surface area (Å²) < 4.78 is 5.59. The van der Waals surface area contributed by atoms with E-state index in [4.69, 9.17) is 4.42 Å². The van der Waals surface area contributed by atoms with Crippen LogP contribution in [-0.4, -0.2) is 27.6 Å². The summed E-state index contributed by atoms with van der Waals surface area (Å²) in [5.74, 6) is 1.40. The summed E-state index contributed by atoms with van der Waals surface area (Å²) in [6.07, 6.45) is 8.79. The van der Waals surface area contributed by atoms with Crippen molar-refractivity contribution >= 4 is 34.7 Å². The molecule has 4 rings (SSSR count). The van der Waals surface area contributed by atoms with E-state index in [9.17, 15) is 4.79 Å². The highest BCUT2D eigenvalue weighted by molar-refractivity contribution is 8.00. The molecule has 1 atom stereocenters. The summed E-state index contributed by atoms with van der Waals surface area (Å²) in [6.45, 7) is 0. The van der Waals surface area contributed by atoms with Gasteiger partial charge in [0.05, 0.1) is 22.6 Å². The molecule has 132 valence electrons. The predicted molar refractivity (Wildman–Crippen MR) is 103 cm³/mol. The highest BCUT2D eigenvalue weighted by atomic mass is 32.2. The lowest BCUT2D eigenvalue weighted by Gasteiger charge is -2.23. The maximum Gasteiger partial charge on any atom is 0.253 e. The van der Waals surface area contributed by atoms with Gasteiger partial charge in [-0.1, -0.05) is 25.3 Å². The molecule has 1 saturated carbocycles. The van der Waals surface area contributed by atoms with Gasteiger partial charge in [0.15, 0.2) is 0 Å². The standard InChI is InChI=1S/C19H22N2O2S2/c22-19(13-25-14-6-2-1-3-7-14)21-16(17-8-4-10-23-17)12-15(20-21)18-9-5-11-24-18/h4-5,8-11,14,16H,1-3,6-7,12-13H2. The van der Waals surface area contributed by atoms with E-state index in [2.05, 4.69) is 11.2 Å². The third-order valence-electron chi connectivity index (χ3n) is 4.84. The number of rotatable bonds is 5. The minimum absolute atomic E-state index is 0.0866. The van der Waals surface area contributed by atoms with Crippen molar-refractivity contribution in [2.45, 2.75) is 49.8 Å². The molecule has 3 heterocycles. The predicted octanol–water partition coefficient (Wildman–Crippen LogP) is 5.08. The summed E-state index contributed by atoms with van der Waals surface area (Å²) in [5, 5.41) is 9.00. The quantitative estimate of drug-likeness (QED) is 0.733. The third-order valence-corrected chi connectivity index (χ3v) is 7.11. The fourth-order valence-electron chi connectivity index (χ4n) is 3.52. The zero-order chi connectivity index (χ0) is 17.1. The fourth-order valence-corrected chi connectivity index (χ4v) is 5.42. The van der Waals surface area contributed by atoms with Crippen LogP contribution in [0.3, 0.4) is 0 Å². The van der Waals surface area contributed by atoms with E-state index in [-0.39, 0.29) is 11.9 Å². The number of thiophene rings is 1. The molecule has 0 radical (unpaired) electrons. The molecule has 1 aliphatic heterocycles. The number of furan rings is 1. The Labute approximate surface area is 156 Å². The van der Waals surface area contributed by atoms with Gasteiger partial charge in [0.1, 0.15) is 11.8 Å². The van der Waals surface area contributed by atoms with Crippen molar-refractivity contribution in [1.82, 2.24) is 5.01 Å². The molecule has 0 N–H and O–H groups in total. The lowest BCUT2D eigenvalue weighted by Crippen LogP contribution is -2.29. The average molecular weight is 375 g/mol. The van der Waals surface area contributed by atoms with Crippen molar-refractivity contribution in [2.24, 2.45) is 5.10 Å². The van der Waals surface area contributed by atoms with Crippen LogP contribution in [0.15, 0.2) is 45.4 Å². The number of hydrazone groups is 1. The Morgan fingerprint density at radius 3 is 2.88 bits per heavy atom. The molecule has 4 nitrogen and oxygen atoms in total. The molecule has 2 aromatic heterocycles. The second-order valence-corrected chi connectivity index (χ2v) is 8.81. The van der Waals surface area contributed by atoms with Crippen LogP contribution in [0.2, 0.25) is 0 Å². The fraction of sp³-hybridized carbons (Fsp3) is 0.474. The van der Waals surface area contributed by atoms with Crippen LogP contribution in [0.4, 0.5) is 0 Å². The maximum absolute atomic E-state index is 12.9. The molecule has 0 aromatic carbocycles. The average Bonchev–Trinajstić information content (AvgIpc) is 3.40. The van der Waals surface area contributed by atoms with Crippen LogP contribution in [-0.2, 0) is 4.79 Å². The van der Waals surface area contributed by atoms with Crippen LogP contribution in [0.1, 0.15) is 55.2 Å². The number of nitrogens with zero attached hydrogens (tertiary/aromatic N) is 2. The normalized spacial score (nSPS) is 21.5. The minimum Gasteiger partial charge on any atom is -0.467 e. The minimum atomic E-state index is -0.119. The van der Waals surface area contributed by atoms with E-state index >= 15 is 0 Å². The second-order valence-electron chi connectivity index (χ2n) is 6.57. The lowest BCUT2D eigenvalue weighted by atomic mass is 10.0. The number of hydrogen-bond acceptors (Lipinski definition) is 5. The number of carbonyl (C=O) groups excluding carboxylic acids is 1. The van der Waals surface area contributed by atoms with E-state index < -0.39 is 0 Å². The van der Waals surface area contributed by atoms with Crippen LogP contribution in [0.5, 0.6) is 0 Å². The summed E-state index contributed by atoms with van der Waals surface area (Å²) >= 11 is 3.47. The van der Waals surface area contributed by atoms with Crippen LogP contribution in [0, 0.1) is 0 Å². The van der Waals surface area contributed by atoms with Gasteiger partial charge in [-0.3, -0.25) is 4.79 Å². The summed E-state index contributed by atoms with van der Waals surface area (Å²) in [5.41, 5.74) is 0.979. The van der Waals surface area contributed by atoms with Gasteiger partial charge in [-0.25, -0.2) is 5.01 Å². The smallest absolute Gasteiger partial charge is 0.253 e. The highest BCUT2D eigenvalue weighted by Gasteiger charge is 2.35. The molecule has 25 heavy (non-hydrogen) atoms. The Balaban J connectivity index is 1.48. The lowest BCUT2D eigenvalue weighted by molar-refractivity contribution is -0.130. The third kappa shape index (κ3) is 3.85. The first-order valence-corrected chi connectivity index (χ1v) is 10.8. The molecule has 2 aromatic rings. The molecule has 2 aliphatic rings. The highest BCUT2D eigenvalue weighted by Crippen LogP contribution is 2.35. The number of thioether (sulfide) groups is 1. The first kappa shape index (κ1) is 16.9. The molecule has 1 aliphatic carbocycles. The molecule has 0 bridgehead atoms. The van der Waals surface area contributed by atoms with E-state index in [0.29, 0.717) is 17.4 Å². The summed E-state index contributed by atoms with van der Waals surface area (Å²) in [6, 6.07) is 7.78. The Bertz CT molecular complexity index is 719. The molecule has 1 amide bonds. The van der Waals surface area contributed by atoms with Crippen molar-refractivity contribution in [2.75, 3.05) is 5.75 Å². The zero-order valence-corrected chi connectivity index (χ0v) is 15.7. The molecule has 0 saturated heterocycles. The number of carbonyl (C=O) groups is 1. The number of hydrogen-bond donors (Lipinski definition) is 0. The van der Waals surface area contributed by atoms with E-state index in [1.165, 1.54) is 32.1 Å². The van der Waals surface area contributed by atoms with Crippen molar-refractivity contribution in [3.05, 3.63) is 46.5 Å². The maximum atomic E-state index is 12.9. The van der Waals surface area contributed by atoms with Gasteiger partial charge in [-0.05, 0) is 36.4 Å². The topological polar surface area (TPSA) is 45.8 Å². The van der Waals surface area contributed by atoms with Crippen molar-refractivity contribution in [3.8, 4) is 0 Å². The number of amides is 1. The van der Waals surface area contributed by atoms with Crippen molar-refractivity contribution in [1.29, 1.82) is 0 Å². The summed E-state index contributed by atoms with van der Waals surface area (Å²) in [7, 11) is 0. The van der Waals surface area contributed by atoms with E-state index in [1.807, 2.05) is 23.6 Å². The van der Waals surface area contributed by atoms with Crippen LogP contribution in [0.25, 0.3) is 0 Å². The van der Waals surface area contributed by atoms with Gasteiger partial charge in [0.2, 0.25) is 0 Å². The van der Waals surface area contributed by atoms with Gasteiger partial charge in [-0.15, -0.1) is 23.1 Å². The Hall–Kier alpha value is -1.53. The molecular formula is C19H22N2O2S2. The second kappa shape index (κ2) is 7.79. The molecule has 1 fully saturated rings. The van der Waals surface area contributed by atoms with E-state index in [0.717, 1.165) is 16.3 Å². The van der Waals surface area contributed by atoms with Crippen molar-refractivity contribution in [3.63, 3.8) is 0 Å². The van der Waals surface area contributed by atoms with Gasteiger partial charge < -0.3 is 4.42 Å². The molecule has 6 heteroatoms. The van der Waals surface area contributed by atoms with Crippen molar-refractivity contribution < 1.29 is 9.21 Å². The first-order chi connectivity index (χ1) is 12.3. The molecular weight excluding hydrogens is 352 g/mol. The van der Waals surface area contributed by atoms with Crippen LogP contribution < -0.4 is 0 Å².